The van der Waals surface area contributed by atoms with Crippen LogP contribution in [0.3, 0.4) is 0 Å². The fourth-order valence-electron chi connectivity index (χ4n) is 1.79. The van der Waals surface area contributed by atoms with Crippen molar-refractivity contribution in [2.75, 3.05) is 19.1 Å². The van der Waals surface area contributed by atoms with Gasteiger partial charge < -0.3 is 9.47 Å². The van der Waals surface area contributed by atoms with Crippen molar-refractivity contribution in [2.45, 2.75) is 0 Å². The van der Waals surface area contributed by atoms with E-state index >= 15 is 0 Å². The summed E-state index contributed by atoms with van der Waals surface area (Å²) in [7, 11) is 1.50. The second-order valence-corrected chi connectivity index (χ2v) is 5.67. The van der Waals surface area contributed by atoms with E-state index in [0.29, 0.717) is 17.3 Å². The molecule has 25 heavy (non-hydrogen) atoms. The summed E-state index contributed by atoms with van der Waals surface area (Å²) in [5.41, 5.74) is 3.32. The van der Waals surface area contributed by atoms with E-state index < -0.39 is 4.92 Å². The summed E-state index contributed by atoms with van der Waals surface area (Å²) in [4.78, 5) is 13.9. The molecule has 2 aromatic rings. The van der Waals surface area contributed by atoms with Gasteiger partial charge >= 0.3 is 0 Å². The number of hydrazone groups is 1. The number of ether oxygens (including phenoxy) is 2. The molecular weight excluding hydrogens is 441 g/mol. The molecule has 0 atom stereocenters. The quantitative estimate of drug-likeness (QED) is 0.296. The van der Waals surface area contributed by atoms with Crippen LogP contribution in [0.5, 0.6) is 11.5 Å². The van der Waals surface area contributed by atoms with Gasteiger partial charge in [-0.15, -0.1) is 0 Å². The summed E-state index contributed by atoms with van der Waals surface area (Å²) < 4.78 is 11.4. The first-order valence-electron chi connectivity index (χ1n) is 6.82. The van der Waals surface area contributed by atoms with Gasteiger partial charge in [0.25, 0.3) is 5.69 Å². The lowest BCUT2D eigenvalue weighted by Crippen LogP contribution is -2.00. The molecule has 2 rings (SSSR count). The third-order valence-corrected chi connectivity index (χ3v) is 3.69. The maximum absolute atomic E-state index is 10.6. The average Bonchev–Trinajstić information content (AvgIpc) is 2.61. The number of nitrogens with one attached hydrogen (secondary N) is 1. The number of benzene rings is 1. The second-order valence-electron chi connectivity index (χ2n) is 4.51. The summed E-state index contributed by atoms with van der Waals surface area (Å²) in [6.45, 7) is -0.0762. The van der Waals surface area contributed by atoms with Gasteiger partial charge in [0.2, 0.25) is 0 Å². The number of rotatable bonds is 7. The number of hydrogen-bond acceptors (Lipinski definition) is 8. The van der Waals surface area contributed by atoms with Crippen molar-refractivity contribution in [1.29, 1.82) is 5.26 Å². The summed E-state index contributed by atoms with van der Waals surface area (Å²) in [6.07, 6.45) is 2.69. The lowest BCUT2D eigenvalue weighted by molar-refractivity contribution is -0.385. The highest BCUT2D eigenvalue weighted by Crippen LogP contribution is 2.33. The smallest absolute Gasteiger partial charge is 0.287 e. The Morgan fingerprint density at radius 1 is 1.52 bits per heavy atom. The zero-order chi connectivity index (χ0) is 18.2. The topological polar surface area (TPSA) is 123 Å². The first-order valence-corrected chi connectivity index (χ1v) is 7.90. The van der Waals surface area contributed by atoms with Crippen LogP contribution >= 0.6 is 22.6 Å². The highest BCUT2D eigenvalue weighted by molar-refractivity contribution is 14.1. The van der Waals surface area contributed by atoms with E-state index in [9.17, 15) is 10.1 Å². The fourth-order valence-corrected chi connectivity index (χ4v) is 2.57. The van der Waals surface area contributed by atoms with Crippen molar-refractivity contribution in [1.82, 2.24) is 4.98 Å². The summed E-state index contributed by atoms with van der Waals surface area (Å²) in [5, 5.41) is 23.2. The summed E-state index contributed by atoms with van der Waals surface area (Å²) in [5.74, 6) is 1.35. The normalized spacial score (nSPS) is 10.3. The van der Waals surface area contributed by atoms with Gasteiger partial charge in [0, 0.05) is 6.07 Å². The minimum Gasteiger partial charge on any atom is -0.493 e. The van der Waals surface area contributed by atoms with E-state index in [0.717, 1.165) is 15.3 Å². The van der Waals surface area contributed by atoms with Crippen LogP contribution in [0.1, 0.15) is 5.56 Å². The van der Waals surface area contributed by atoms with Gasteiger partial charge in [-0.2, -0.15) is 10.4 Å². The first-order chi connectivity index (χ1) is 12.0. The molecule has 1 N–H and O–H groups in total. The molecule has 0 fully saturated rings. The predicted octanol–water partition coefficient (Wildman–Crippen LogP) is 2.95. The summed E-state index contributed by atoms with van der Waals surface area (Å²) in [6, 6.07) is 8.22. The maximum atomic E-state index is 10.6. The average molecular weight is 453 g/mol. The Bertz CT molecular complexity index is 833. The number of halogens is 1. The second kappa shape index (κ2) is 8.78. The Hall–Kier alpha value is -2.94. The van der Waals surface area contributed by atoms with Gasteiger partial charge in [-0.1, -0.05) is 0 Å². The molecule has 0 amide bonds. The van der Waals surface area contributed by atoms with Crippen LogP contribution in [0.25, 0.3) is 0 Å². The fraction of sp³-hybridized carbons (Fsp3) is 0.133. The summed E-state index contributed by atoms with van der Waals surface area (Å²) >= 11 is 2.07. The van der Waals surface area contributed by atoms with Crippen LogP contribution in [0.15, 0.2) is 35.6 Å². The Morgan fingerprint density at radius 3 is 2.92 bits per heavy atom. The monoisotopic (exact) mass is 453 g/mol. The molecule has 128 valence electrons. The Morgan fingerprint density at radius 2 is 2.32 bits per heavy atom. The molecule has 1 heterocycles. The van der Waals surface area contributed by atoms with Crippen LogP contribution in [0.2, 0.25) is 0 Å². The third-order valence-electron chi connectivity index (χ3n) is 2.88. The minimum atomic E-state index is -0.524. The number of pyridine rings is 1. The van der Waals surface area contributed by atoms with Crippen LogP contribution in [0.4, 0.5) is 11.5 Å². The van der Waals surface area contributed by atoms with Gasteiger partial charge in [0.05, 0.1) is 21.8 Å². The predicted molar refractivity (Wildman–Crippen MR) is 98.9 cm³/mol. The van der Waals surface area contributed by atoms with Crippen molar-refractivity contribution < 1.29 is 14.4 Å². The lowest BCUT2D eigenvalue weighted by atomic mass is 10.2. The Balaban J connectivity index is 2.11. The molecule has 0 radical (unpaired) electrons. The number of anilines is 1. The lowest BCUT2D eigenvalue weighted by Gasteiger charge is -2.11. The number of aromatic nitrogens is 1. The largest absolute Gasteiger partial charge is 0.493 e. The molecule has 9 nitrogen and oxygen atoms in total. The van der Waals surface area contributed by atoms with Gasteiger partial charge in [-0.3, -0.25) is 15.5 Å². The molecule has 0 bridgehead atoms. The molecule has 10 heteroatoms. The third kappa shape index (κ3) is 5.01. The molecule has 0 aliphatic rings. The minimum absolute atomic E-state index is 0.0762. The zero-order valence-electron chi connectivity index (χ0n) is 13.0. The molecule has 0 unspecified atom stereocenters. The van der Waals surface area contributed by atoms with E-state index in [1.54, 1.807) is 12.3 Å². The Labute approximate surface area is 156 Å². The molecule has 0 aliphatic carbocycles. The van der Waals surface area contributed by atoms with E-state index in [4.69, 9.17) is 14.7 Å². The Kier molecular flexibility index (Phi) is 6.47. The number of nitro groups is 1. The van der Waals surface area contributed by atoms with Gasteiger partial charge in [0.15, 0.2) is 18.1 Å². The molecule has 1 aromatic carbocycles. The SMILES string of the molecule is COc1cc(C=NNc2ccc([N+](=O)[O-])cn2)cc(I)c1OCC#N. The molecular formula is C15H12IN5O4. The van der Waals surface area contributed by atoms with Crippen LogP contribution < -0.4 is 14.9 Å². The van der Waals surface area contributed by atoms with Crippen molar-refractivity contribution in [3.05, 3.63) is 49.7 Å². The van der Waals surface area contributed by atoms with E-state index in [1.807, 2.05) is 12.1 Å². The van der Waals surface area contributed by atoms with E-state index in [2.05, 4.69) is 38.1 Å². The molecule has 0 aliphatic heterocycles. The van der Waals surface area contributed by atoms with E-state index in [1.165, 1.54) is 19.2 Å². The van der Waals surface area contributed by atoms with Gasteiger partial charge in [0.1, 0.15) is 18.1 Å². The number of hydrogen-bond donors (Lipinski definition) is 1. The zero-order valence-corrected chi connectivity index (χ0v) is 15.1. The van der Waals surface area contributed by atoms with Crippen LogP contribution in [-0.4, -0.2) is 29.8 Å². The van der Waals surface area contributed by atoms with Crippen molar-refractivity contribution in [3.8, 4) is 17.6 Å². The number of methoxy groups -OCH3 is 1. The van der Waals surface area contributed by atoms with Crippen molar-refractivity contribution in [3.63, 3.8) is 0 Å². The first kappa shape index (κ1) is 18.4. The van der Waals surface area contributed by atoms with E-state index in [-0.39, 0.29) is 12.3 Å². The molecule has 0 saturated carbocycles. The van der Waals surface area contributed by atoms with Crippen molar-refractivity contribution >= 4 is 40.3 Å². The molecule has 0 spiro atoms. The van der Waals surface area contributed by atoms with Crippen LogP contribution in [0, 0.1) is 25.0 Å². The molecule has 0 saturated heterocycles. The molecule has 1 aromatic heterocycles. The highest BCUT2D eigenvalue weighted by Gasteiger charge is 2.11. The standard InChI is InChI=1S/C15H12IN5O4/c1-24-13-7-10(6-12(16)15(13)25-5-4-17)8-19-20-14-3-2-11(9-18-14)21(22)23/h2-3,6-9H,5H2,1H3,(H,18,20). The van der Waals surface area contributed by atoms with Gasteiger partial charge in [-0.25, -0.2) is 4.98 Å². The maximum Gasteiger partial charge on any atom is 0.287 e. The van der Waals surface area contributed by atoms with Crippen LogP contribution in [-0.2, 0) is 0 Å². The van der Waals surface area contributed by atoms with Gasteiger partial charge in [-0.05, 0) is 46.4 Å². The number of nitrogens with zero attached hydrogens (tertiary/aromatic N) is 4. The number of nitriles is 1. The van der Waals surface area contributed by atoms with Crippen molar-refractivity contribution in [2.24, 2.45) is 5.10 Å². The highest BCUT2D eigenvalue weighted by atomic mass is 127.